The summed E-state index contributed by atoms with van der Waals surface area (Å²) >= 11 is 1.25. The number of benzene rings is 2. The van der Waals surface area contributed by atoms with Crippen molar-refractivity contribution in [3.63, 3.8) is 0 Å². The highest BCUT2D eigenvalue weighted by Crippen LogP contribution is 2.39. The number of rotatable bonds is 6. The molecule has 2 aromatic heterocycles. The molecule has 36 heavy (non-hydrogen) atoms. The summed E-state index contributed by atoms with van der Waals surface area (Å²) in [4.78, 5) is 0.713. The van der Waals surface area contributed by atoms with Crippen LogP contribution in [0.4, 0.5) is 13.2 Å². The van der Waals surface area contributed by atoms with Crippen molar-refractivity contribution in [3.8, 4) is 33.1 Å². The van der Waals surface area contributed by atoms with Gasteiger partial charge in [-0.3, -0.25) is 0 Å². The van der Waals surface area contributed by atoms with Crippen LogP contribution in [0.15, 0.2) is 70.9 Å². The summed E-state index contributed by atoms with van der Waals surface area (Å²) in [6.45, 7) is 6.38. The van der Waals surface area contributed by atoms with Crippen molar-refractivity contribution in [1.29, 1.82) is 0 Å². The Morgan fingerprint density at radius 1 is 0.972 bits per heavy atom. The van der Waals surface area contributed by atoms with Crippen LogP contribution in [0.1, 0.15) is 26.5 Å². The third-order valence-corrected chi connectivity index (χ3v) is 7.26. The summed E-state index contributed by atoms with van der Waals surface area (Å²) in [5.41, 5.74) is 0.818. The number of thiophene rings is 1. The number of sulfone groups is 1. The van der Waals surface area contributed by atoms with Gasteiger partial charge in [0.2, 0.25) is 0 Å². The first kappa shape index (κ1) is 26.0. The average Bonchev–Trinajstić information content (AvgIpc) is 3.44. The Kier molecular flexibility index (Phi) is 6.78. The van der Waals surface area contributed by atoms with Crippen LogP contribution in [-0.2, 0) is 16.0 Å². The van der Waals surface area contributed by atoms with E-state index in [4.69, 9.17) is 4.74 Å². The number of ether oxygens (including phenoxy) is 1. The van der Waals surface area contributed by atoms with E-state index in [1.165, 1.54) is 22.1 Å². The first-order chi connectivity index (χ1) is 16.7. The summed E-state index contributed by atoms with van der Waals surface area (Å²) in [7, 11) is -3.40. The summed E-state index contributed by atoms with van der Waals surface area (Å²) in [5.74, 6) is 0.420. The van der Waals surface area contributed by atoms with Crippen LogP contribution in [-0.4, -0.2) is 31.1 Å². The Morgan fingerprint density at radius 2 is 1.69 bits per heavy atom. The number of halogens is 3. The Morgan fingerprint density at radius 3 is 2.36 bits per heavy atom. The van der Waals surface area contributed by atoms with Crippen molar-refractivity contribution < 1.29 is 26.3 Å². The molecular weight excluding hydrogens is 509 g/mol. The lowest BCUT2D eigenvalue weighted by Crippen LogP contribution is -2.18. The first-order valence-corrected chi connectivity index (χ1v) is 13.8. The molecule has 0 atom stereocenters. The topological polar surface area (TPSA) is 61.2 Å². The zero-order valence-corrected chi connectivity index (χ0v) is 21.8. The van der Waals surface area contributed by atoms with Crippen LogP contribution in [0.3, 0.4) is 0 Å². The molecule has 4 rings (SSSR count). The molecule has 0 aliphatic rings. The molecule has 0 aliphatic heterocycles. The molecule has 0 saturated heterocycles. The normalized spacial score (nSPS) is 12.6. The van der Waals surface area contributed by atoms with Gasteiger partial charge in [0.1, 0.15) is 11.4 Å². The molecule has 2 heterocycles. The van der Waals surface area contributed by atoms with Crippen molar-refractivity contribution >= 4 is 21.2 Å². The van der Waals surface area contributed by atoms with Gasteiger partial charge in [0.15, 0.2) is 15.5 Å². The van der Waals surface area contributed by atoms with Gasteiger partial charge in [-0.2, -0.15) is 18.3 Å². The van der Waals surface area contributed by atoms with Crippen LogP contribution in [0.25, 0.3) is 27.4 Å². The molecule has 5 nitrogen and oxygen atoms in total. The standard InChI is InChI=1S/C26H25F3N2O3S2/c1-25(2,3)16-34-22-11-6-5-10-20(22)31-21(14-24(30-31)26(27,28)29)23-13-18(15-35-23)17-8-7-9-19(12-17)36(4,32)33/h5-15H,16H2,1-4H3. The molecule has 0 aliphatic carbocycles. The summed E-state index contributed by atoms with van der Waals surface area (Å²) in [6, 6.07) is 16.0. The maximum atomic E-state index is 13.7. The monoisotopic (exact) mass is 534 g/mol. The fraction of sp³-hybridized carbons (Fsp3) is 0.269. The van der Waals surface area contributed by atoms with Crippen LogP contribution in [0, 0.1) is 5.41 Å². The van der Waals surface area contributed by atoms with Gasteiger partial charge in [0.25, 0.3) is 0 Å². The summed E-state index contributed by atoms with van der Waals surface area (Å²) < 4.78 is 72.2. The molecular formula is C26H25F3N2O3S2. The van der Waals surface area contributed by atoms with Gasteiger partial charge in [-0.1, -0.05) is 45.0 Å². The van der Waals surface area contributed by atoms with E-state index < -0.39 is 21.7 Å². The van der Waals surface area contributed by atoms with Gasteiger partial charge in [-0.05, 0) is 58.3 Å². The van der Waals surface area contributed by atoms with Gasteiger partial charge in [0, 0.05) is 6.26 Å². The van der Waals surface area contributed by atoms with Gasteiger partial charge in [0.05, 0.1) is 22.1 Å². The minimum atomic E-state index is -4.63. The number of hydrogen-bond acceptors (Lipinski definition) is 5. The van der Waals surface area contributed by atoms with Crippen molar-refractivity contribution in [2.45, 2.75) is 31.8 Å². The number of alkyl halides is 3. The smallest absolute Gasteiger partial charge is 0.435 e. The Hall–Kier alpha value is -3.11. The molecule has 190 valence electrons. The summed E-state index contributed by atoms with van der Waals surface area (Å²) in [6.07, 6.45) is -3.51. The molecule has 0 amide bonds. The minimum Gasteiger partial charge on any atom is -0.491 e. The lowest BCUT2D eigenvalue weighted by molar-refractivity contribution is -0.141. The van der Waals surface area contributed by atoms with Crippen LogP contribution < -0.4 is 4.74 Å². The zero-order chi connectivity index (χ0) is 26.3. The predicted molar refractivity (Wildman–Crippen MR) is 135 cm³/mol. The van der Waals surface area contributed by atoms with Crippen LogP contribution in [0.5, 0.6) is 5.75 Å². The van der Waals surface area contributed by atoms with Crippen LogP contribution in [0.2, 0.25) is 0 Å². The molecule has 4 aromatic rings. The van der Waals surface area contributed by atoms with Crippen molar-refractivity contribution in [2.24, 2.45) is 5.41 Å². The highest BCUT2D eigenvalue weighted by molar-refractivity contribution is 7.90. The number of aromatic nitrogens is 2. The quantitative estimate of drug-likeness (QED) is 0.264. The second kappa shape index (κ2) is 9.40. The fourth-order valence-electron chi connectivity index (χ4n) is 3.46. The van der Waals surface area contributed by atoms with E-state index in [2.05, 4.69) is 5.10 Å². The molecule has 0 spiro atoms. The van der Waals surface area contributed by atoms with E-state index in [-0.39, 0.29) is 16.0 Å². The first-order valence-electron chi connectivity index (χ1n) is 11.0. The maximum absolute atomic E-state index is 13.7. The molecule has 0 N–H and O–H groups in total. The third-order valence-electron chi connectivity index (χ3n) is 5.20. The molecule has 0 bridgehead atoms. The van der Waals surface area contributed by atoms with Crippen molar-refractivity contribution in [1.82, 2.24) is 9.78 Å². The van der Waals surface area contributed by atoms with Gasteiger partial charge < -0.3 is 4.74 Å². The van der Waals surface area contributed by atoms with Crippen molar-refractivity contribution in [2.75, 3.05) is 12.9 Å². The number of hydrogen-bond donors (Lipinski definition) is 0. The van der Waals surface area contributed by atoms with Gasteiger partial charge in [-0.25, -0.2) is 13.1 Å². The fourth-order valence-corrected chi connectivity index (χ4v) is 5.04. The molecule has 0 saturated carbocycles. The van der Waals surface area contributed by atoms with E-state index in [0.717, 1.165) is 12.3 Å². The largest absolute Gasteiger partial charge is 0.491 e. The number of para-hydroxylation sites is 2. The predicted octanol–water partition coefficient (Wildman–Crippen LogP) is 7.12. The SMILES string of the molecule is CC(C)(C)COc1ccccc1-n1nc(C(F)(F)F)cc1-c1cc(-c2cccc(S(C)(=O)=O)c2)cs1. The van der Waals surface area contributed by atoms with E-state index in [0.29, 0.717) is 34.0 Å². The van der Waals surface area contributed by atoms with Gasteiger partial charge in [-0.15, -0.1) is 11.3 Å². The zero-order valence-electron chi connectivity index (χ0n) is 20.1. The Bertz CT molecular complexity index is 1500. The second-order valence-corrected chi connectivity index (χ2v) is 12.6. The maximum Gasteiger partial charge on any atom is 0.435 e. The Labute approximate surface area is 212 Å². The number of nitrogens with zero attached hydrogens (tertiary/aromatic N) is 2. The summed E-state index contributed by atoms with van der Waals surface area (Å²) in [5, 5.41) is 5.68. The van der Waals surface area contributed by atoms with Crippen molar-refractivity contribution in [3.05, 3.63) is 71.7 Å². The van der Waals surface area contributed by atoms with E-state index in [9.17, 15) is 21.6 Å². The highest BCUT2D eigenvalue weighted by atomic mass is 32.2. The Balaban J connectivity index is 1.81. The van der Waals surface area contributed by atoms with E-state index in [1.54, 1.807) is 53.9 Å². The van der Waals surface area contributed by atoms with Crippen LogP contribution >= 0.6 is 11.3 Å². The molecule has 0 fully saturated rings. The highest BCUT2D eigenvalue weighted by Gasteiger charge is 2.36. The van der Waals surface area contributed by atoms with E-state index in [1.807, 2.05) is 20.8 Å². The lowest BCUT2D eigenvalue weighted by Gasteiger charge is -2.20. The van der Waals surface area contributed by atoms with Gasteiger partial charge >= 0.3 is 6.18 Å². The van der Waals surface area contributed by atoms with E-state index >= 15 is 0 Å². The minimum absolute atomic E-state index is 0.152. The second-order valence-electron chi connectivity index (χ2n) is 9.64. The molecule has 10 heteroatoms. The molecule has 0 unspecified atom stereocenters. The lowest BCUT2D eigenvalue weighted by atomic mass is 9.99. The third kappa shape index (κ3) is 5.82. The molecule has 0 radical (unpaired) electrons. The average molecular weight is 535 g/mol. The molecule has 2 aromatic carbocycles.